The Morgan fingerprint density at radius 3 is 2.38 bits per heavy atom. The van der Waals surface area contributed by atoms with Crippen molar-refractivity contribution in [2.75, 3.05) is 54.8 Å². The van der Waals surface area contributed by atoms with E-state index in [1.807, 2.05) is 38.1 Å². The van der Waals surface area contributed by atoms with E-state index in [1.54, 1.807) is 11.0 Å². The summed E-state index contributed by atoms with van der Waals surface area (Å²) in [5, 5.41) is 1.69. The molecule has 0 bridgehead atoms. The van der Waals surface area contributed by atoms with Crippen molar-refractivity contribution in [3.8, 4) is 0 Å². The standard InChI is InChI=1S/C20H25Cl2N5OS/c1-3-25(4-2)19(28)14-29-20-23-17(22)13-18(24-20)27-11-9-26(10-12-27)16-8-6-5-7-15(16)21/h5-8,13H,3-4,9-12,14H2,1-2H3. The number of hydrogen-bond acceptors (Lipinski definition) is 6. The van der Waals surface area contributed by atoms with Gasteiger partial charge in [0, 0.05) is 45.3 Å². The lowest BCUT2D eigenvalue weighted by Gasteiger charge is -2.37. The summed E-state index contributed by atoms with van der Waals surface area (Å²) in [4.78, 5) is 27.4. The molecule has 1 fully saturated rings. The van der Waals surface area contributed by atoms with Crippen molar-refractivity contribution in [1.82, 2.24) is 14.9 Å². The van der Waals surface area contributed by atoms with Gasteiger partial charge in [-0.2, -0.15) is 0 Å². The Hall–Kier alpha value is -1.70. The molecule has 0 aliphatic carbocycles. The maximum Gasteiger partial charge on any atom is 0.233 e. The number of anilines is 2. The van der Waals surface area contributed by atoms with E-state index in [1.165, 1.54) is 11.8 Å². The highest BCUT2D eigenvalue weighted by molar-refractivity contribution is 7.99. The van der Waals surface area contributed by atoms with Crippen LogP contribution in [0.2, 0.25) is 10.2 Å². The molecule has 0 unspecified atom stereocenters. The van der Waals surface area contributed by atoms with Gasteiger partial charge in [0.15, 0.2) is 5.16 Å². The third-order valence-electron chi connectivity index (χ3n) is 4.90. The van der Waals surface area contributed by atoms with Gasteiger partial charge >= 0.3 is 0 Å². The van der Waals surface area contributed by atoms with Gasteiger partial charge in [-0.15, -0.1) is 0 Å². The van der Waals surface area contributed by atoms with Crippen molar-refractivity contribution in [1.29, 1.82) is 0 Å². The number of nitrogens with zero attached hydrogens (tertiary/aromatic N) is 5. The first-order valence-corrected chi connectivity index (χ1v) is 11.5. The number of aromatic nitrogens is 2. The van der Waals surface area contributed by atoms with Crippen LogP contribution in [0.3, 0.4) is 0 Å². The summed E-state index contributed by atoms with van der Waals surface area (Å²) in [6, 6.07) is 9.68. The molecule has 3 rings (SSSR count). The SMILES string of the molecule is CCN(CC)C(=O)CSc1nc(Cl)cc(N2CCN(c3ccccc3Cl)CC2)n1. The molecule has 1 aliphatic rings. The molecule has 29 heavy (non-hydrogen) atoms. The normalized spacial score (nSPS) is 14.2. The minimum absolute atomic E-state index is 0.0819. The summed E-state index contributed by atoms with van der Waals surface area (Å²) in [7, 11) is 0. The Labute approximate surface area is 186 Å². The number of benzene rings is 1. The Morgan fingerprint density at radius 1 is 1.07 bits per heavy atom. The molecular formula is C20H25Cl2N5OS. The largest absolute Gasteiger partial charge is 0.367 e. The molecular weight excluding hydrogens is 429 g/mol. The number of amides is 1. The average Bonchev–Trinajstić information content (AvgIpc) is 2.73. The first-order chi connectivity index (χ1) is 14.0. The molecule has 6 nitrogen and oxygen atoms in total. The minimum Gasteiger partial charge on any atom is -0.367 e. The smallest absolute Gasteiger partial charge is 0.233 e. The number of hydrogen-bond donors (Lipinski definition) is 0. The summed E-state index contributed by atoms with van der Waals surface area (Å²) in [6.07, 6.45) is 0. The summed E-state index contributed by atoms with van der Waals surface area (Å²) >= 11 is 13.9. The van der Waals surface area contributed by atoms with Gasteiger partial charge in [-0.3, -0.25) is 4.79 Å². The number of thioether (sulfide) groups is 1. The van der Waals surface area contributed by atoms with Gasteiger partial charge in [-0.05, 0) is 26.0 Å². The van der Waals surface area contributed by atoms with E-state index in [0.29, 0.717) is 29.2 Å². The second-order valence-electron chi connectivity index (χ2n) is 6.61. The number of piperazine rings is 1. The van der Waals surface area contributed by atoms with Crippen molar-refractivity contribution in [2.24, 2.45) is 0 Å². The van der Waals surface area contributed by atoms with Crippen LogP contribution >= 0.6 is 35.0 Å². The third kappa shape index (κ3) is 5.68. The van der Waals surface area contributed by atoms with Gasteiger partial charge < -0.3 is 14.7 Å². The number of carbonyl (C=O) groups excluding carboxylic acids is 1. The Kier molecular flexibility index (Phi) is 7.86. The molecule has 0 spiro atoms. The molecule has 1 amide bonds. The fourth-order valence-electron chi connectivity index (χ4n) is 3.29. The topological polar surface area (TPSA) is 52.6 Å². The summed E-state index contributed by atoms with van der Waals surface area (Å²) in [6.45, 7) is 8.65. The van der Waals surface area contributed by atoms with Gasteiger partial charge in [-0.25, -0.2) is 9.97 Å². The predicted octanol–water partition coefficient (Wildman–Crippen LogP) is 4.07. The molecule has 2 aromatic rings. The first kappa shape index (κ1) is 22.0. The second kappa shape index (κ2) is 10.4. The van der Waals surface area contributed by atoms with Gasteiger partial charge in [-0.1, -0.05) is 47.1 Å². The van der Waals surface area contributed by atoms with Gasteiger partial charge in [0.1, 0.15) is 11.0 Å². The molecule has 2 heterocycles. The second-order valence-corrected chi connectivity index (χ2v) is 8.35. The average molecular weight is 454 g/mol. The number of para-hydroxylation sites is 1. The molecule has 9 heteroatoms. The van der Waals surface area contributed by atoms with Gasteiger partial charge in [0.2, 0.25) is 5.91 Å². The van der Waals surface area contributed by atoms with E-state index in [0.717, 1.165) is 42.7 Å². The predicted molar refractivity (Wildman–Crippen MR) is 122 cm³/mol. The van der Waals surface area contributed by atoms with Crippen molar-refractivity contribution in [3.63, 3.8) is 0 Å². The van der Waals surface area contributed by atoms with Crippen molar-refractivity contribution < 1.29 is 4.79 Å². The monoisotopic (exact) mass is 453 g/mol. The van der Waals surface area contributed by atoms with Crippen LogP contribution in [-0.4, -0.2) is 65.8 Å². The lowest BCUT2D eigenvalue weighted by molar-refractivity contribution is -0.127. The molecule has 0 N–H and O–H groups in total. The Bertz CT molecular complexity index is 841. The molecule has 1 aliphatic heterocycles. The Balaban J connectivity index is 1.63. The number of rotatable bonds is 7. The quantitative estimate of drug-likeness (QED) is 0.357. The zero-order valence-corrected chi connectivity index (χ0v) is 19.0. The summed E-state index contributed by atoms with van der Waals surface area (Å²) in [5.74, 6) is 1.18. The number of halogens is 2. The fourth-order valence-corrected chi connectivity index (χ4v) is 4.53. The van der Waals surface area contributed by atoms with Crippen LogP contribution in [0.5, 0.6) is 0 Å². The first-order valence-electron chi connectivity index (χ1n) is 9.71. The van der Waals surface area contributed by atoms with Crippen molar-refractivity contribution in [3.05, 3.63) is 40.5 Å². The molecule has 1 aromatic heterocycles. The highest BCUT2D eigenvalue weighted by atomic mass is 35.5. The molecule has 1 saturated heterocycles. The van der Waals surface area contributed by atoms with Gasteiger partial charge in [0.05, 0.1) is 16.5 Å². The molecule has 0 saturated carbocycles. The van der Waals surface area contributed by atoms with Crippen LogP contribution < -0.4 is 9.80 Å². The van der Waals surface area contributed by atoms with Crippen LogP contribution in [0.4, 0.5) is 11.5 Å². The zero-order valence-electron chi connectivity index (χ0n) is 16.6. The van der Waals surface area contributed by atoms with Crippen LogP contribution in [0.25, 0.3) is 0 Å². The highest BCUT2D eigenvalue weighted by Gasteiger charge is 2.21. The lowest BCUT2D eigenvalue weighted by atomic mass is 10.2. The fraction of sp³-hybridized carbons (Fsp3) is 0.450. The zero-order chi connectivity index (χ0) is 20.8. The van der Waals surface area contributed by atoms with E-state index < -0.39 is 0 Å². The van der Waals surface area contributed by atoms with Gasteiger partial charge in [0.25, 0.3) is 0 Å². The van der Waals surface area contributed by atoms with E-state index in [-0.39, 0.29) is 5.91 Å². The maximum atomic E-state index is 12.2. The summed E-state index contributed by atoms with van der Waals surface area (Å²) in [5.41, 5.74) is 1.06. The van der Waals surface area contributed by atoms with E-state index in [2.05, 4.69) is 19.8 Å². The highest BCUT2D eigenvalue weighted by Crippen LogP contribution is 2.28. The molecule has 0 atom stereocenters. The van der Waals surface area contributed by atoms with Crippen LogP contribution in [0, 0.1) is 0 Å². The van der Waals surface area contributed by atoms with Crippen molar-refractivity contribution >= 4 is 52.4 Å². The Morgan fingerprint density at radius 2 is 1.72 bits per heavy atom. The van der Waals surface area contributed by atoms with E-state index in [4.69, 9.17) is 23.2 Å². The molecule has 156 valence electrons. The van der Waals surface area contributed by atoms with Crippen LogP contribution in [0.15, 0.2) is 35.5 Å². The molecule has 0 radical (unpaired) electrons. The third-order valence-corrected chi connectivity index (χ3v) is 6.24. The maximum absolute atomic E-state index is 12.2. The van der Waals surface area contributed by atoms with E-state index >= 15 is 0 Å². The number of carbonyl (C=O) groups is 1. The minimum atomic E-state index is 0.0819. The van der Waals surface area contributed by atoms with E-state index in [9.17, 15) is 4.79 Å². The molecule has 1 aromatic carbocycles. The summed E-state index contributed by atoms with van der Waals surface area (Å²) < 4.78 is 0. The van der Waals surface area contributed by atoms with Crippen LogP contribution in [0.1, 0.15) is 13.8 Å². The van der Waals surface area contributed by atoms with Crippen molar-refractivity contribution in [2.45, 2.75) is 19.0 Å². The van der Waals surface area contributed by atoms with Crippen LogP contribution in [-0.2, 0) is 4.79 Å². The lowest BCUT2D eigenvalue weighted by Crippen LogP contribution is -2.47.